The van der Waals surface area contributed by atoms with Gasteiger partial charge < -0.3 is 10.4 Å². The number of nitrogens with one attached hydrogen (secondary N) is 1. The van der Waals surface area contributed by atoms with Crippen molar-refractivity contribution in [1.82, 2.24) is 5.32 Å². The van der Waals surface area contributed by atoms with Crippen LogP contribution < -0.4 is 5.32 Å². The quantitative estimate of drug-likeness (QED) is 0.888. The van der Waals surface area contributed by atoms with E-state index in [1.165, 1.54) is 12.1 Å². The highest BCUT2D eigenvalue weighted by molar-refractivity contribution is 5.79. The van der Waals surface area contributed by atoms with Crippen LogP contribution >= 0.6 is 0 Å². The van der Waals surface area contributed by atoms with Gasteiger partial charge >= 0.3 is 0 Å². The first kappa shape index (κ1) is 15.0. The maximum Gasteiger partial charge on any atom is 0.224 e. The summed E-state index contributed by atoms with van der Waals surface area (Å²) in [6.07, 6.45) is 0.771. The van der Waals surface area contributed by atoms with Gasteiger partial charge in [-0.05, 0) is 37.1 Å². The van der Waals surface area contributed by atoms with Crippen LogP contribution in [0.2, 0.25) is 0 Å². The highest BCUT2D eigenvalue weighted by Gasteiger charge is 2.11. The van der Waals surface area contributed by atoms with Crippen molar-refractivity contribution >= 4 is 5.91 Å². The Labute approximate surface area is 123 Å². The van der Waals surface area contributed by atoms with Crippen LogP contribution in [-0.2, 0) is 17.6 Å². The number of amides is 1. The normalized spacial score (nSPS) is 11.9. The van der Waals surface area contributed by atoms with Crippen molar-refractivity contribution in [3.63, 3.8) is 0 Å². The number of hydrogen-bond acceptors (Lipinski definition) is 2. The van der Waals surface area contributed by atoms with Crippen molar-refractivity contribution < 1.29 is 14.3 Å². The Morgan fingerprint density at radius 3 is 2.52 bits per heavy atom. The molecule has 3 nitrogen and oxygen atoms in total. The molecule has 2 aromatic carbocycles. The van der Waals surface area contributed by atoms with Crippen molar-refractivity contribution in [2.24, 2.45) is 0 Å². The summed E-state index contributed by atoms with van der Waals surface area (Å²) in [5.74, 6) is -0.292. The standard InChI is InChI=1S/C17H18FNO2/c1-12(10-13-6-8-15(18)9-7-13)19-17(21)11-14-4-2-3-5-16(14)20/h2-9,12,20H,10-11H2,1H3,(H,19,21). The molecule has 2 rings (SSSR count). The molecule has 0 bridgehead atoms. The zero-order valence-electron chi connectivity index (χ0n) is 11.8. The van der Waals surface area contributed by atoms with Crippen LogP contribution in [0.5, 0.6) is 5.75 Å². The lowest BCUT2D eigenvalue weighted by atomic mass is 10.1. The number of phenolic OH excluding ortho intramolecular Hbond substituents is 1. The van der Waals surface area contributed by atoms with Crippen molar-refractivity contribution in [2.75, 3.05) is 0 Å². The minimum absolute atomic E-state index is 0.0613. The van der Waals surface area contributed by atoms with Gasteiger partial charge in [0.05, 0.1) is 6.42 Å². The fourth-order valence-corrected chi connectivity index (χ4v) is 2.18. The SMILES string of the molecule is CC(Cc1ccc(F)cc1)NC(=O)Cc1ccccc1O. The van der Waals surface area contributed by atoms with Crippen LogP contribution in [0.4, 0.5) is 4.39 Å². The average Bonchev–Trinajstić information content (AvgIpc) is 2.44. The van der Waals surface area contributed by atoms with Crippen molar-refractivity contribution in [3.05, 3.63) is 65.5 Å². The highest BCUT2D eigenvalue weighted by Crippen LogP contribution is 2.16. The third kappa shape index (κ3) is 4.60. The topological polar surface area (TPSA) is 49.3 Å². The first-order valence-electron chi connectivity index (χ1n) is 6.85. The molecular formula is C17H18FNO2. The third-order valence-corrected chi connectivity index (χ3v) is 3.21. The van der Waals surface area contributed by atoms with Gasteiger partial charge in [-0.2, -0.15) is 0 Å². The van der Waals surface area contributed by atoms with E-state index in [2.05, 4.69) is 5.32 Å². The largest absolute Gasteiger partial charge is 0.508 e. The van der Waals surface area contributed by atoms with Gasteiger partial charge in [0.15, 0.2) is 0 Å². The van der Waals surface area contributed by atoms with Crippen LogP contribution in [-0.4, -0.2) is 17.1 Å². The molecule has 0 heterocycles. The monoisotopic (exact) mass is 287 g/mol. The lowest BCUT2D eigenvalue weighted by Gasteiger charge is -2.14. The van der Waals surface area contributed by atoms with E-state index in [-0.39, 0.29) is 29.9 Å². The summed E-state index contributed by atoms with van der Waals surface area (Å²) in [6, 6.07) is 13.0. The number of aromatic hydroxyl groups is 1. The molecule has 110 valence electrons. The summed E-state index contributed by atoms with van der Waals surface area (Å²) < 4.78 is 12.8. The minimum Gasteiger partial charge on any atom is -0.508 e. The molecule has 2 aromatic rings. The molecule has 1 atom stereocenters. The zero-order valence-corrected chi connectivity index (χ0v) is 11.8. The zero-order chi connectivity index (χ0) is 15.2. The molecule has 4 heteroatoms. The smallest absolute Gasteiger partial charge is 0.224 e. The third-order valence-electron chi connectivity index (χ3n) is 3.21. The molecule has 0 aliphatic carbocycles. The number of carbonyl (C=O) groups excluding carboxylic acids is 1. The van der Waals surface area contributed by atoms with Gasteiger partial charge in [0.1, 0.15) is 11.6 Å². The molecule has 21 heavy (non-hydrogen) atoms. The Balaban J connectivity index is 1.87. The Morgan fingerprint density at radius 1 is 1.19 bits per heavy atom. The van der Waals surface area contributed by atoms with Crippen LogP contribution in [0.25, 0.3) is 0 Å². The molecule has 0 aliphatic heterocycles. The first-order valence-corrected chi connectivity index (χ1v) is 6.85. The van der Waals surface area contributed by atoms with Gasteiger partial charge in [-0.3, -0.25) is 4.79 Å². The first-order chi connectivity index (χ1) is 10.0. The van der Waals surface area contributed by atoms with E-state index in [1.807, 2.05) is 6.92 Å². The number of phenols is 1. The molecule has 2 N–H and O–H groups in total. The molecule has 0 saturated heterocycles. The molecular weight excluding hydrogens is 269 g/mol. The minimum atomic E-state index is -0.269. The van der Waals surface area contributed by atoms with E-state index in [1.54, 1.807) is 36.4 Å². The van der Waals surface area contributed by atoms with E-state index in [0.717, 1.165) is 5.56 Å². The maximum absolute atomic E-state index is 12.8. The molecule has 0 fully saturated rings. The predicted molar refractivity (Wildman–Crippen MR) is 79.5 cm³/mol. The van der Waals surface area contributed by atoms with Crippen molar-refractivity contribution in [2.45, 2.75) is 25.8 Å². The Kier molecular flexibility index (Phi) is 4.93. The second-order valence-corrected chi connectivity index (χ2v) is 5.10. The van der Waals surface area contributed by atoms with Gasteiger partial charge in [-0.15, -0.1) is 0 Å². The van der Waals surface area contributed by atoms with Crippen LogP contribution in [0, 0.1) is 5.82 Å². The van der Waals surface area contributed by atoms with Gasteiger partial charge in [0.25, 0.3) is 0 Å². The number of hydrogen-bond donors (Lipinski definition) is 2. The molecule has 0 aliphatic rings. The summed E-state index contributed by atoms with van der Waals surface area (Å²) in [6.45, 7) is 1.89. The molecule has 0 saturated carbocycles. The van der Waals surface area contributed by atoms with E-state index in [4.69, 9.17) is 0 Å². The molecule has 0 aromatic heterocycles. The second kappa shape index (κ2) is 6.88. The maximum atomic E-state index is 12.8. The molecule has 0 spiro atoms. The summed E-state index contributed by atoms with van der Waals surface area (Å²) in [7, 11) is 0. The number of halogens is 1. The van der Waals surface area contributed by atoms with Crippen molar-refractivity contribution in [1.29, 1.82) is 0 Å². The lowest BCUT2D eigenvalue weighted by Crippen LogP contribution is -2.35. The summed E-state index contributed by atoms with van der Waals surface area (Å²) in [5, 5.41) is 12.5. The van der Waals surface area contributed by atoms with Crippen molar-refractivity contribution in [3.8, 4) is 5.75 Å². The fourth-order valence-electron chi connectivity index (χ4n) is 2.18. The number of para-hydroxylation sites is 1. The van der Waals surface area contributed by atoms with Gasteiger partial charge in [0.2, 0.25) is 5.91 Å². The van der Waals surface area contributed by atoms with Gasteiger partial charge in [0, 0.05) is 11.6 Å². The van der Waals surface area contributed by atoms with Gasteiger partial charge in [-0.1, -0.05) is 30.3 Å². The fraction of sp³-hybridized carbons (Fsp3) is 0.235. The Hall–Kier alpha value is -2.36. The van der Waals surface area contributed by atoms with Crippen LogP contribution in [0.3, 0.4) is 0 Å². The van der Waals surface area contributed by atoms with Gasteiger partial charge in [-0.25, -0.2) is 4.39 Å². The lowest BCUT2D eigenvalue weighted by molar-refractivity contribution is -0.121. The number of benzene rings is 2. The van der Waals surface area contributed by atoms with Crippen LogP contribution in [0.15, 0.2) is 48.5 Å². The molecule has 0 radical (unpaired) electrons. The second-order valence-electron chi connectivity index (χ2n) is 5.10. The van der Waals surface area contributed by atoms with E-state index in [9.17, 15) is 14.3 Å². The molecule has 1 unspecified atom stereocenters. The van der Waals surface area contributed by atoms with E-state index >= 15 is 0 Å². The molecule has 1 amide bonds. The average molecular weight is 287 g/mol. The number of carbonyl (C=O) groups is 1. The number of rotatable bonds is 5. The summed E-state index contributed by atoms with van der Waals surface area (Å²) in [5.41, 5.74) is 1.57. The Bertz CT molecular complexity index is 610. The Morgan fingerprint density at radius 2 is 1.86 bits per heavy atom. The van der Waals surface area contributed by atoms with E-state index in [0.29, 0.717) is 12.0 Å². The highest BCUT2D eigenvalue weighted by atomic mass is 19.1. The summed E-state index contributed by atoms with van der Waals surface area (Å²) in [4.78, 5) is 11.9. The summed E-state index contributed by atoms with van der Waals surface area (Å²) >= 11 is 0. The van der Waals surface area contributed by atoms with Crippen LogP contribution in [0.1, 0.15) is 18.1 Å². The van der Waals surface area contributed by atoms with E-state index < -0.39 is 0 Å². The predicted octanol–water partition coefficient (Wildman–Crippen LogP) is 2.82.